The molecule has 0 bridgehead atoms. The number of hydrogen-bond donors (Lipinski definition) is 14. The number of benzene rings is 3. The summed E-state index contributed by atoms with van der Waals surface area (Å²) in [4.78, 5) is 120. The van der Waals surface area contributed by atoms with Gasteiger partial charge in [-0.25, -0.2) is 4.98 Å². The number of unbranched alkanes of at least 4 members (excludes halogenated alkanes) is 2. The van der Waals surface area contributed by atoms with Gasteiger partial charge in [-0.05, 0) is 73.0 Å². The smallest absolute Gasteiger partial charge is 0.691 e. The summed E-state index contributed by atoms with van der Waals surface area (Å²) in [6.45, 7) is 3.41. The third-order valence-corrected chi connectivity index (χ3v) is 16.4. The van der Waals surface area contributed by atoms with Crippen LogP contribution in [0, 0.1) is 5.92 Å². The molecule has 0 radical (unpaired) electrons. The van der Waals surface area contributed by atoms with E-state index in [4.69, 9.17) is 14.7 Å². The van der Waals surface area contributed by atoms with Crippen LogP contribution in [0.3, 0.4) is 0 Å². The van der Waals surface area contributed by atoms with Crippen molar-refractivity contribution in [2.75, 3.05) is 26.2 Å². The number of fused-ring (bicyclic) bond motifs is 2. The van der Waals surface area contributed by atoms with Crippen LogP contribution in [0.4, 0.5) is 0 Å². The molecule has 14 unspecified atom stereocenters. The van der Waals surface area contributed by atoms with E-state index in [0.717, 1.165) is 70.4 Å². The van der Waals surface area contributed by atoms with E-state index in [1.165, 1.54) is 30.4 Å². The van der Waals surface area contributed by atoms with Crippen LogP contribution >= 0.6 is 23.7 Å². The molecule has 4 heterocycles. The number of carbonyl (C=O) groups excluding carboxylic acids is 8. The van der Waals surface area contributed by atoms with Crippen molar-refractivity contribution in [3.63, 3.8) is 0 Å². The summed E-state index contributed by atoms with van der Waals surface area (Å²) >= 11 is 1.30. The van der Waals surface area contributed by atoms with Crippen LogP contribution in [0.25, 0.3) is 21.0 Å². The molecule has 3 saturated heterocycles. The second kappa shape index (κ2) is 32.9. The summed E-state index contributed by atoms with van der Waals surface area (Å²) in [5, 5.41) is 116. The fraction of sp³-hybridized carbons (Fsp3) is 0.482. The Balaban J connectivity index is 0.0000126. The third-order valence-electron chi connectivity index (χ3n) is 15.0. The number of nitrogens with zero attached hydrogens (tertiary/aromatic N) is 3. The Morgan fingerprint density at radius 1 is 0.831 bits per heavy atom. The Hall–Kier alpha value is -6.60. The maximum absolute atomic E-state index is 14.7. The molecule has 478 valence electrons. The molecule has 3 fully saturated rings. The molecular weight excluding hydrogens is 1220 g/mol. The van der Waals surface area contributed by atoms with Crippen LogP contribution in [-0.4, -0.2) is 202 Å². The van der Waals surface area contributed by atoms with Gasteiger partial charge >= 0.3 is 29.6 Å². The topological polar surface area (TPSA) is 464 Å². The normalized spacial score (nSPS) is 25.3. The average Bonchev–Trinajstić information content (AvgIpc) is 3.66. The Kier molecular flexibility index (Phi) is 26.4. The van der Waals surface area contributed by atoms with E-state index in [2.05, 4.69) is 47.9 Å². The molecule has 15 N–H and O–H groups in total. The molecule has 30 nitrogen and oxygen atoms in total. The molecule has 14 atom stereocenters. The molecule has 3 aromatic carbocycles. The zero-order valence-electron chi connectivity index (χ0n) is 48.7. The van der Waals surface area contributed by atoms with Crippen molar-refractivity contribution < 1.29 is 132 Å². The van der Waals surface area contributed by atoms with Crippen LogP contribution in [0.1, 0.15) is 81.3 Å². The SMILES string of the molecule is CCCCCOc1ccc(-c2ncc(-c3ccc(C(=O)NC4CC(O)CNC(=O)C5C(O)C(C)CN5C(=O)C(C(O)CC(N)=O)NC(=O)C(C(O)C(O)c5ccc(O)c(OSOO[O-])c5)NC(=O)C5CC(O)CN5C(=O)C(C(C)O)NC4=O)cc3)s2)cc1.[Na+]. The van der Waals surface area contributed by atoms with Crippen molar-refractivity contribution in [1.29, 1.82) is 0 Å². The van der Waals surface area contributed by atoms with Gasteiger partial charge in [0.25, 0.3) is 18.2 Å². The Morgan fingerprint density at radius 3 is 2.16 bits per heavy atom. The fourth-order valence-electron chi connectivity index (χ4n) is 10.2. The number of hydrogen-bond acceptors (Lipinski definition) is 24. The van der Waals surface area contributed by atoms with E-state index >= 15 is 0 Å². The molecule has 89 heavy (non-hydrogen) atoms. The van der Waals surface area contributed by atoms with Crippen molar-refractivity contribution in [2.24, 2.45) is 11.7 Å². The van der Waals surface area contributed by atoms with Crippen molar-refractivity contribution >= 4 is 70.9 Å². The van der Waals surface area contributed by atoms with Gasteiger partial charge in [0.15, 0.2) is 11.5 Å². The van der Waals surface area contributed by atoms with Gasteiger partial charge in [0.2, 0.25) is 41.4 Å². The molecule has 0 spiro atoms. The minimum absolute atomic E-state index is 0. The van der Waals surface area contributed by atoms with Gasteiger partial charge in [-0.2, -0.15) is 0 Å². The molecule has 0 aliphatic carbocycles. The molecular formula is C56H70N9NaO21S2. The Morgan fingerprint density at radius 2 is 1.49 bits per heavy atom. The van der Waals surface area contributed by atoms with Gasteiger partial charge in [-0.3, -0.25) is 43.4 Å². The quantitative estimate of drug-likeness (QED) is 0.0129. The van der Waals surface area contributed by atoms with E-state index in [1.807, 2.05) is 24.3 Å². The molecule has 3 aliphatic rings. The van der Waals surface area contributed by atoms with Crippen LogP contribution in [0.2, 0.25) is 0 Å². The summed E-state index contributed by atoms with van der Waals surface area (Å²) in [6.07, 6.45) is -11.4. The number of thiazole rings is 1. The number of carbonyl (C=O) groups is 8. The standard InChI is InChI=1S/C56H71N9O21S2.Na/c1-4-5-6-17-83-34-14-11-30(12-15-34)54-59-23-40(87-54)28-7-9-29(10-8-28)49(75)60-35-19-32(67)22-58-53(79)45-46(72)26(2)24-65(45)56(81)43(38(70)21-41(57)71)62-52(78)44(48(74)47(73)31-13-16-37(69)39(18-31)84-88-86-85-82)63-51(77)36-20-33(68)25-64(36)55(80)42(27(3)66)61-50(35)76;/h7-16,18,23,26-27,32-33,35-36,38,42-48,66-70,72-74,82H,4-6,17,19-22,24-25H2,1-3H3,(H2,57,71)(H,58,79)(H,60,75)(H,61,76)(H,62,78)(H,63,77);/q;+1/p-1. The number of phenols is 1. The fourth-order valence-corrected chi connectivity index (χ4v) is 11.4. The number of aliphatic hydroxyl groups excluding tert-OH is 7. The van der Waals surface area contributed by atoms with Gasteiger partial charge in [0, 0.05) is 55.7 Å². The van der Waals surface area contributed by atoms with Crippen LogP contribution in [-0.2, 0) is 42.9 Å². The van der Waals surface area contributed by atoms with Crippen molar-refractivity contribution in [2.45, 2.75) is 138 Å². The van der Waals surface area contributed by atoms with Crippen LogP contribution < -0.4 is 76.1 Å². The first-order valence-corrected chi connectivity index (χ1v) is 29.5. The van der Waals surface area contributed by atoms with Crippen molar-refractivity contribution in [1.82, 2.24) is 41.4 Å². The Bertz CT molecular complexity index is 3110. The largest absolute Gasteiger partial charge is 1.00 e. The first kappa shape index (κ1) is 71.5. The van der Waals surface area contributed by atoms with E-state index in [9.17, 15) is 84.5 Å². The number of phenolic OH excluding ortho intramolecular Hbond substituents is 1. The molecule has 3 aliphatic heterocycles. The number of nitrogens with one attached hydrogen (secondary N) is 5. The number of aliphatic hydroxyl groups is 7. The maximum atomic E-state index is 14.7. The van der Waals surface area contributed by atoms with Crippen molar-refractivity contribution in [3.05, 3.63) is 84.1 Å². The first-order chi connectivity index (χ1) is 41.9. The second-order valence-electron chi connectivity index (χ2n) is 21.5. The van der Waals surface area contributed by atoms with Gasteiger partial charge in [0.1, 0.15) is 59.2 Å². The van der Waals surface area contributed by atoms with Gasteiger partial charge < -0.3 is 97.1 Å². The summed E-state index contributed by atoms with van der Waals surface area (Å²) in [5.41, 5.74) is 6.56. The number of rotatable bonds is 20. The molecule has 7 rings (SSSR count). The zero-order chi connectivity index (χ0) is 64.1. The predicted octanol–water partition coefficient (Wildman–Crippen LogP) is -5.76. The van der Waals surface area contributed by atoms with E-state index in [-0.39, 0.29) is 53.0 Å². The molecule has 8 amide bonds. The summed E-state index contributed by atoms with van der Waals surface area (Å²) < 4.78 is 14.9. The number of aromatic nitrogens is 1. The van der Waals surface area contributed by atoms with E-state index in [1.54, 1.807) is 18.3 Å². The molecule has 33 heteroatoms. The number of amides is 8. The average molecular weight is 1290 g/mol. The summed E-state index contributed by atoms with van der Waals surface area (Å²) in [7, 11) is 0. The summed E-state index contributed by atoms with van der Waals surface area (Å²) in [5.74, 6) is -11.2. The maximum Gasteiger partial charge on any atom is 1.00 e. The van der Waals surface area contributed by atoms with Gasteiger partial charge in [-0.1, -0.05) is 44.9 Å². The van der Waals surface area contributed by atoms with Crippen LogP contribution in [0.15, 0.2) is 72.9 Å². The molecule has 0 saturated carbocycles. The number of β-amino-alcohol motifs (C(OH)–C–C–N with tert-alkyl or cyclic N) is 1. The van der Waals surface area contributed by atoms with Crippen molar-refractivity contribution in [3.8, 4) is 38.3 Å². The predicted molar refractivity (Wildman–Crippen MR) is 306 cm³/mol. The van der Waals surface area contributed by atoms with E-state index < -0.39 is 183 Å². The number of nitrogens with two attached hydrogens (primary N) is 1. The monoisotopic (exact) mass is 1290 g/mol. The van der Waals surface area contributed by atoms with E-state index in [0.29, 0.717) is 17.2 Å². The first-order valence-electron chi connectivity index (χ1n) is 28.0. The van der Waals surface area contributed by atoms with Gasteiger partial charge in [0.05, 0.1) is 48.4 Å². The van der Waals surface area contributed by atoms with Crippen LogP contribution in [0.5, 0.6) is 17.2 Å². The molecule has 1 aromatic heterocycles. The number of primary amides is 1. The second-order valence-corrected chi connectivity index (χ2v) is 23.0. The zero-order valence-corrected chi connectivity index (χ0v) is 52.3. The number of ether oxygens (including phenoxy) is 1. The minimum Gasteiger partial charge on any atom is -0.691 e. The Labute approximate surface area is 540 Å². The third kappa shape index (κ3) is 18.3. The minimum atomic E-state index is -2.54. The number of aromatic hydroxyl groups is 1. The van der Waals surface area contributed by atoms with Gasteiger partial charge in [-0.15, -0.1) is 15.7 Å². The molecule has 4 aromatic rings. The summed E-state index contributed by atoms with van der Waals surface area (Å²) in [6, 6.07) is 4.32.